The largest absolute Gasteiger partial charge is 0.492 e. The number of imidazole rings is 1. The number of alkyl halides is 1. The number of aliphatic hydroxyl groups excluding tert-OH is 1. The van der Waals surface area contributed by atoms with Gasteiger partial charge in [-0.05, 0) is 0 Å². The van der Waals surface area contributed by atoms with Gasteiger partial charge < -0.3 is 19.7 Å². The van der Waals surface area contributed by atoms with Crippen molar-refractivity contribution in [3.8, 4) is 5.88 Å². The highest BCUT2D eigenvalue weighted by Gasteiger charge is 2.44. The third-order valence-electron chi connectivity index (χ3n) is 3.35. The van der Waals surface area contributed by atoms with Crippen molar-refractivity contribution in [1.82, 2.24) is 19.5 Å². The second-order valence-corrected chi connectivity index (χ2v) is 5.88. The molecule has 0 saturated carbocycles. The predicted octanol–water partition coefficient (Wildman–Crippen LogP) is 0.117. The Kier molecular flexibility index (Phi) is 3.98. The Morgan fingerprint density at radius 3 is 3.00 bits per heavy atom. The molecule has 0 bridgehead atoms. The third-order valence-corrected chi connectivity index (χ3v) is 4.48. The second-order valence-electron chi connectivity index (χ2n) is 4.82. The van der Waals surface area contributed by atoms with Crippen molar-refractivity contribution >= 4 is 33.1 Å². The van der Waals surface area contributed by atoms with Gasteiger partial charge in [0, 0.05) is 6.92 Å². The number of esters is 1. The molecular weight excluding hydrogens is 360 g/mol. The molecule has 0 aromatic carbocycles. The van der Waals surface area contributed by atoms with Gasteiger partial charge in [0.15, 0.2) is 17.4 Å². The molecule has 1 aliphatic heterocycles. The second kappa shape index (κ2) is 5.78. The van der Waals surface area contributed by atoms with E-state index in [0.717, 1.165) is 0 Å². The molecule has 10 heteroatoms. The minimum absolute atomic E-state index is 0.0195. The summed E-state index contributed by atoms with van der Waals surface area (Å²) in [7, 11) is 0. The van der Waals surface area contributed by atoms with E-state index >= 15 is 0 Å². The number of aromatic hydroxyl groups is 1. The van der Waals surface area contributed by atoms with Crippen LogP contribution >= 0.6 is 15.9 Å². The van der Waals surface area contributed by atoms with E-state index in [9.17, 15) is 15.0 Å². The molecule has 0 amide bonds. The van der Waals surface area contributed by atoms with Gasteiger partial charge in [0.25, 0.3) is 0 Å². The quantitative estimate of drug-likeness (QED) is 0.575. The van der Waals surface area contributed by atoms with E-state index < -0.39 is 29.2 Å². The first-order valence-corrected chi connectivity index (χ1v) is 7.38. The van der Waals surface area contributed by atoms with Gasteiger partial charge in [0.2, 0.25) is 5.88 Å². The standard InChI is InChI=1S/C12H13BrN4O5/c1-5(18)21-2-6-7(13)9(19)12(22-6)17-4-16-8-10(17)14-3-15-11(8)20/h3-4,6-7,9,12,19H,2H2,1H3,(H,14,15,20)/t6-,7?,9?,12-/m1/s1. The predicted molar refractivity (Wildman–Crippen MR) is 76.3 cm³/mol. The molecule has 118 valence electrons. The van der Waals surface area contributed by atoms with Crippen LogP contribution in [-0.2, 0) is 14.3 Å². The summed E-state index contributed by atoms with van der Waals surface area (Å²) in [5.74, 6) is -0.671. The van der Waals surface area contributed by atoms with Crippen molar-refractivity contribution in [2.75, 3.05) is 6.61 Å². The van der Waals surface area contributed by atoms with Crippen LogP contribution in [0, 0.1) is 0 Å². The zero-order valence-electron chi connectivity index (χ0n) is 11.5. The summed E-state index contributed by atoms with van der Waals surface area (Å²) in [4.78, 5) is 22.2. The molecule has 1 saturated heterocycles. The molecule has 2 aromatic heterocycles. The molecule has 22 heavy (non-hydrogen) atoms. The maximum absolute atomic E-state index is 10.9. The topological polar surface area (TPSA) is 120 Å². The SMILES string of the molecule is CC(=O)OC[C@H]1O[C@@H](n2cnc3c(O)ncnc32)C(O)C1Br. The molecule has 3 rings (SSSR count). The van der Waals surface area contributed by atoms with E-state index in [2.05, 4.69) is 30.9 Å². The van der Waals surface area contributed by atoms with E-state index in [1.807, 2.05) is 0 Å². The summed E-state index contributed by atoms with van der Waals surface area (Å²) < 4.78 is 12.2. The van der Waals surface area contributed by atoms with E-state index in [4.69, 9.17) is 9.47 Å². The van der Waals surface area contributed by atoms with Crippen molar-refractivity contribution in [3.63, 3.8) is 0 Å². The van der Waals surface area contributed by atoms with Crippen molar-refractivity contribution in [2.24, 2.45) is 0 Å². The fraction of sp³-hybridized carbons (Fsp3) is 0.500. The molecule has 2 aromatic rings. The van der Waals surface area contributed by atoms with Crippen LogP contribution in [0.1, 0.15) is 13.2 Å². The molecule has 0 spiro atoms. The molecule has 1 fully saturated rings. The van der Waals surface area contributed by atoms with E-state index in [1.54, 1.807) is 0 Å². The maximum atomic E-state index is 10.9. The molecule has 9 nitrogen and oxygen atoms in total. The lowest BCUT2D eigenvalue weighted by atomic mass is 10.2. The Labute approximate surface area is 133 Å². The number of hydrogen-bond donors (Lipinski definition) is 2. The normalized spacial score (nSPS) is 28.1. The van der Waals surface area contributed by atoms with E-state index in [1.165, 1.54) is 24.1 Å². The number of carbonyl (C=O) groups excluding carboxylic acids is 1. The first-order valence-electron chi connectivity index (χ1n) is 6.46. The monoisotopic (exact) mass is 372 g/mol. The Bertz CT molecular complexity index is 708. The van der Waals surface area contributed by atoms with Crippen LogP contribution in [0.25, 0.3) is 11.2 Å². The lowest BCUT2D eigenvalue weighted by molar-refractivity contribution is -0.145. The van der Waals surface area contributed by atoms with Crippen molar-refractivity contribution in [3.05, 3.63) is 12.7 Å². The number of aromatic nitrogens is 4. The number of nitrogens with zero attached hydrogens (tertiary/aromatic N) is 4. The molecule has 1 aliphatic rings. The highest BCUT2D eigenvalue weighted by atomic mass is 79.9. The molecular formula is C12H13BrN4O5. The van der Waals surface area contributed by atoms with E-state index in [-0.39, 0.29) is 18.0 Å². The molecule has 0 radical (unpaired) electrons. The van der Waals surface area contributed by atoms with Crippen LogP contribution in [0.3, 0.4) is 0 Å². The number of aliphatic hydroxyl groups is 1. The maximum Gasteiger partial charge on any atom is 0.302 e. The summed E-state index contributed by atoms with van der Waals surface area (Å²) in [6.45, 7) is 1.32. The average Bonchev–Trinajstić information content (AvgIpc) is 3.01. The minimum atomic E-state index is -0.907. The number of halogens is 1. The van der Waals surface area contributed by atoms with Gasteiger partial charge in [-0.25, -0.2) is 9.97 Å². The molecule has 3 heterocycles. The Morgan fingerprint density at radius 1 is 1.50 bits per heavy atom. The Balaban J connectivity index is 1.87. The van der Waals surface area contributed by atoms with Gasteiger partial charge >= 0.3 is 5.97 Å². The summed E-state index contributed by atoms with van der Waals surface area (Å²) in [6, 6.07) is 0. The molecule has 2 unspecified atom stereocenters. The van der Waals surface area contributed by atoms with Gasteiger partial charge in [-0.15, -0.1) is 0 Å². The number of fused-ring (bicyclic) bond motifs is 1. The lowest BCUT2D eigenvalue weighted by Crippen LogP contribution is -2.29. The van der Waals surface area contributed by atoms with Gasteiger partial charge in [-0.1, -0.05) is 15.9 Å². The van der Waals surface area contributed by atoms with Gasteiger partial charge in [0.05, 0.1) is 11.2 Å². The third kappa shape index (κ3) is 2.53. The number of hydrogen-bond acceptors (Lipinski definition) is 8. The van der Waals surface area contributed by atoms with Crippen molar-refractivity contribution < 1.29 is 24.5 Å². The molecule has 2 N–H and O–H groups in total. The van der Waals surface area contributed by atoms with Crippen LogP contribution in [0.15, 0.2) is 12.7 Å². The summed E-state index contributed by atoms with van der Waals surface area (Å²) >= 11 is 3.34. The molecule has 0 aliphatic carbocycles. The van der Waals surface area contributed by atoms with Crippen LogP contribution < -0.4 is 0 Å². The van der Waals surface area contributed by atoms with Gasteiger partial charge in [-0.3, -0.25) is 9.36 Å². The van der Waals surface area contributed by atoms with Crippen molar-refractivity contribution in [1.29, 1.82) is 0 Å². The van der Waals surface area contributed by atoms with Gasteiger partial charge in [0.1, 0.15) is 25.1 Å². The first kappa shape index (κ1) is 15.1. The minimum Gasteiger partial charge on any atom is -0.492 e. The van der Waals surface area contributed by atoms with Gasteiger partial charge in [-0.2, -0.15) is 4.98 Å². The number of ether oxygens (including phenoxy) is 2. The fourth-order valence-electron chi connectivity index (χ4n) is 2.30. The highest BCUT2D eigenvalue weighted by Crippen LogP contribution is 2.35. The zero-order valence-corrected chi connectivity index (χ0v) is 13.0. The van der Waals surface area contributed by atoms with Crippen LogP contribution in [-0.4, -0.2) is 59.3 Å². The van der Waals surface area contributed by atoms with E-state index in [0.29, 0.717) is 5.65 Å². The number of rotatable bonds is 3. The average molecular weight is 373 g/mol. The number of carbonyl (C=O) groups is 1. The fourth-order valence-corrected chi connectivity index (χ4v) is 2.84. The lowest BCUT2D eigenvalue weighted by Gasteiger charge is -2.16. The summed E-state index contributed by atoms with van der Waals surface area (Å²) in [6.07, 6.45) is 0.399. The van der Waals surface area contributed by atoms with Crippen LogP contribution in [0.5, 0.6) is 5.88 Å². The molecule has 4 atom stereocenters. The highest BCUT2D eigenvalue weighted by molar-refractivity contribution is 9.09. The first-order chi connectivity index (χ1) is 10.5. The Morgan fingerprint density at radius 2 is 2.27 bits per heavy atom. The zero-order chi connectivity index (χ0) is 15.9. The van der Waals surface area contributed by atoms with Crippen molar-refractivity contribution in [2.45, 2.75) is 30.2 Å². The summed E-state index contributed by atoms with van der Waals surface area (Å²) in [5, 5.41) is 20.0. The van der Waals surface area contributed by atoms with Crippen LogP contribution in [0.4, 0.5) is 0 Å². The Hall–Kier alpha value is -1.78. The smallest absolute Gasteiger partial charge is 0.302 e. The summed E-state index contributed by atoms with van der Waals surface area (Å²) in [5.41, 5.74) is 0.553. The van der Waals surface area contributed by atoms with Crippen LogP contribution in [0.2, 0.25) is 0 Å².